The van der Waals surface area contributed by atoms with Gasteiger partial charge in [-0.05, 0) is 0 Å². The van der Waals surface area contributed by atoms with Crippen molar-refractivity contribution in [2.24, 2.45) is 7.05 Å². The van der Waals surface area contributed by atoms with Gasteiger partial charge >= 0.3 is 6.18 Å². The average molecular weight is 277 g/mol. The van der Waals surface area contributed by atoms with Gasteiger partial charge in [0, 0.05) is 29.6 Å². The highest BCUT2D eigenvalue weighted by Crippen LogP contribution is 2.26. The van der Waals surface area contributed by atoms with Gasteiger partial charge in [-0.2, -0.15) is 18.2 Å². The molecule has 62 valence electrons. The van der Waals surface area contributed by atoms with E-state index in [-0.39, 0.29) is 3.83 Å². The van der Waals surface area contributed by atoms with Gasteiger partial charge in [0.2, 0.25) is 9.66 Å². The first-order chi connectivity index (χ1) is 4.91. The van der Waals surface area contributed by atoms with Crippen LogP contribution in [0.5, 0.6) is 0 Å². The van der Waals surface area contributed by atoms with Crippen LogP contribution in [-0.2, 0) is 13.2 Å². The van der Waals surface area contributed by atoms with Gasteiger partial charge in [0.25, 0.3) is 0 Å². The fourth-order valence-electron chi connectivity index (χ4n) is 0.600. The molecule has 0 N–H and O–H groups in total. The molecule has 0 fully saturated rings. The van der Waals surface area contributed by atoms with Crippen LogP contribution in [0.1, 0.15) is 5.82 Å². The molecule has 1 heterocycles. The molecule has 1 rings (SSSR count). The van der Waals surface area contributed by atoms with E-state index in [0.717, 1.165) is 0 Å². The molecule has 0 spiro atoms. The van der Waals surface area contributed by atoms with Crippen molar-refractivity contribution in [1.82, 2.24) is 14.8 Å². The van der Waals surface area contributed by atoms with Gasteiger partial charge in [0.1, 0.15) is 0 Å². The summed E-state index contributed by atoms with van der Waals surface area (Å²) in [5, 5.41) is 3.45. The summed E-state index contributed by atoms with van der Waals surface area (Å²) in [7, 11) is 1.21. The molecule has 11 heavy (non-hydrogen) atoms. The quantitative estimate of drug-likeness (QED) is 0.672. The molecule has 0 atom stereocenters. The van der Waals surface area contributed by atoms with E-state index in [4.69, 9.17) is 0 Å². The zero-order valence-corrected chi connectivity index (χ0v) is 7.51. The minimum absolute atomic E-state index is 0.0948. The van der Waals surface area contributed by atoms with Crippen molar-refractivity contribution in [2.45, 2.75) is 6.18 Å². The smallest absolute Gasteiger partial charge is 0.244 e. The third-order valence-electron chi connectivity index (χ3n) is 0.991. The summed E-state index contributed by atoms with van der Waals surface area (Å²) in [6.07, 6.45) is -4.41. The molecule has 0 unspecified atom stereocenters. The number of nitrogens with zero attached hydrogens (tertiary/aromatic N) is 3. The second-order valence-corrected chi connectivity index (χ2v) is 2.79. The Labute approximate surface area is 73.7 Å². The first-order valence-electron chi connectivity index (χ1n) is 2.55. The van der Waals surface area contributed by atoms with Crippen LogP contribution >= 0.6 is 22.6 Å². The normalized spacial score (nSPS) is 12.1. The topological polar surface area (TPSA) is 30.7 Å². The predicted molar refractivity (Wildman–Crippen MR) is 38.7 cm³/mol. The molecule has 0 aromatic carbocycles. The third-order valence-corrected chi connectivity index (χ3v) is 1.45. The summed E-state index contributed by atoms with van der Waals surface area (Å²) in [6, 6.07) is 0. The van der Waals surface area contributed by atoms with Gasteiger partial charge in [0.15, 0.2) is 0 Å². The van der Waals surface area contributed by atoms with Crippen LogP contribution in [0.15, 0.2) is 0 Å². The van der Waals surface area contributed by atoms with Crippen molar-refractivity contribution < 1.29 is 13.2 Å². The Balaban J connectivity index is 3.13. The lowest BCUT2D eigenvalue weighted by atomic mass is 10.6. The third kappa shape index (κ3) is 1.82. The SMILES string of the molecule is Cn1nc(I)nc1C(F)(F)F. The fourth-order valence-corrected chi connectivity index (χ4v) is 1.15. The molecular formula is C4H3F3IN3. The highest BCUT2D eigenvalue weighted by Gasteiger charge is 2.36. The van der Waals surface area contributed by atoms with E-state index in [9.17, 15) is 13.2 Å². The number of hydrogen-bond donors (Lipinski definition) is 0. The lowest BCUT2D eigenvalue weighted by Crippen LogP contribution is -2.13. The molecule has 0 saturated carbocycles. The number of alkyl halides is 3. The van der Waals surface area contributed by atoms with Gasteiger partial charge in [-0.15, -0.1) is 5.10 Å². The predicted octanol–water partition coefficient (Wildman–Crippen LogP) is 1.44. The van der Waals surface area contributed by atoms with E-state index in [0.29, 0.717) is 4.68 Å². The van der Waals surface area contributed by atoms with Crippen LogP contribution in [0.25, 0.3) is 0 Å². The summed E-state index contributed by atoms with van der Waals surface area (Å²) in [4.78, 5) is 3.20. The van der Waals surface area contributed by atoms with E-state index in [1.165, 1.54) is 7.05 Å². The van der Waals surface area contributed by atoms with Crippen LogP contribution in [-0.4, -0.2) is 14.8 Å². The van der Waals surface area contributed by atoms with Gasteiger partial charge in [-0.25, -0.2) is 4.68 Å². The summed E-state index contributed by atoms with van der Waals surface area (Å²) in [5.74, 6) is -0.970. The number of aryl methyl sites for hydroxylation is 1. The monoisotopic (exact) mass is 277 g/mol. The Morgan fingerprint density at radius 2 is 2.00 bits per heavy atom. The highest BCUT2D eigenvalue weighted by molar-refractivity contribution is 14.1. The maximum absolute atomic E-state index is 11.9. The van der Waals surface area contributed by atoms with Crippen molar-refractivity contribution in [1.29, 1.82) is 0 Å². The number of aromatic nitrogens is 3. The van der Waals surface area contributed by atoms with Crippen LogP contribution in [0.4, 0.5) is 13.2 Å². The Kier molecular flexibility index (Phi) is 2.08. The molecule has 0 bridgehead atoms. The fraction of sp³-hybridized carbons (Fsp3) is 0.500. The Hall–Kier alpha value is -0.340. The molecule has 0 aliphatic heterocycles. The number of hydrogen-bond acceptors (Lipinski definition) is 2. The van der Waals surface area contributed by atoms with Gasteiger partial charge < -0.3 is 0 Å². The minimum atomic E-state index is -4.41. The van der Waals surface area contributed by atoms with E-state index < -0.39 is 12.0 Å². The first kappa shape index (κ1) is 8.75. The van der Waals surface area contributed by atoms with Crippen molar-refractivity contribution >= 4 is 22.6 Å². The lowest BCUT2D eigenvalue weighted by Gasteiger charge is -2.02. The molecule has 0 aliphatic carbocycles. The summed E-state index contributed by atoms with van der Waals surface area (Å²) in [5.41, 5.74) is 0. The van der Waals surface area contributed by atoms with Gasteiger partial charge in [-0.1, -0.05) is 0 Å². The largest absolute Gasteiger partial charge is 0.451 e. The molecule has 1 aromatic rings. The molecule has 0 saturated heterocycles. The molecule has 1 aromatic heterocycles. The van der Waals surface area contributed by atoms with E-state index in [1.54, 1.807) is 22.6 Å². The molecule has 7 heteroatoms. The highest BCUT2D eigenvalue weighted by atomic mass is 127. The van der Waals surface area contributed by atoms with Crippen LogP contribution in [0.2, 0.25) is 0 Å². The van der Waals surface area contributed by atoms with Crippen molar-refractivity contribution in [3.05, 3.63) is 9.66 Å². The molecule has 0 aliphatic rings. The van der Waals surface area contributed by atoms with Crippen LogP contribution < -0.4 is 0 Å². The van der Waals surface area contributed by atoms with Gasteiger partial charge in [-0.3, -0.25) is 0 Å². The first-order valence-corrected chi connectivity index (χ1v) is 3.63. The van der Waals surface area contributed by atoms with Crippen molar-refractivity contribution in [3.8, 4) is 0 Å². The number of rotatable bonds is 0. The molecule has 0 radical (unpaired) electrons. The Morgan fingerprint density at radius 3 is 2.18 bits per heavy atom. The second-order valence-electron chi connectivity index (χ2n) is 1.83. The molecular weight excluding hydrogens is 274 g/mol. The summed E-state index contributed by atoms with van der Waals surface area (Å²) >= 11 is 1.62. The Morgan fingerprint density at radius 1 is 1.45 bits per heavy atom. The van der Waals surface area contributed by atoms with E-state index in [1.807, 2.05) is 0 Å². The van der Waals surface area contributed by atoms with Crippen molar-refractivity contribution in [2.75, 3.05) is 0 Å². The zero-order chi connectivity index (χ0) is 8.65. The maximum Gasteiger partial charge on any atom is 0.451 e. The zero-order valence-electron chi connectivity index (χ0n) is 5.35. The number of halogens is 4. The van der Waals surface area contributed by atoms with Gasteiger partial charge in [0.05, 0.1) is 0 Å². The van der Waals surface area contributed by atoms with E-state index in [2.05, 4.69) is 10.1 Å². The summed E-state index contributed by atoms with van der Waals surface area (Å²) < 4.78 is 36.6. The molecule has 3 nitrogen and oxygen atoms in total. The average Bonchev–Trinajstić information content (AvgIpc) is 2.08. The standard InChI is InChI=1S/C4H3F3IN3/c1-11-2(4(5,6)7)9-3(8)10-11/h1H3. The minimum Gasteiger partial charge on any atom is -0.244 e. The van der Waals surface area contributed by atoms with Crippen LogP contribution in [0.3, 0.4) is 0 Å². The molecule has 0 amide bonds. The van der Waals surface area contributed by atoms with E-state index >= 15 is 0 Å². The second kappa shape index (κ2) is 2.61. The Bertz CT molecular complexity index is 266. The maximum atomic E-state index is 11.9. The lowest BCUT2D eigenvalue weighted by molar-refractivity contribution is -0.147. The van der Waals surface area contributed by atoms with Crippen LogP contribution in [0, 0.1) is 3.83 Å². The summed E-state index contributed by atoms with van der Waals surface area (Å²) in [6.45, 7) is 0. The van der Waals surface area contributed by atoms with Crippen molar-refractivity contribution in [3.63, 3.8) is 0 Å².